The van der Waals surface area contributed by atoms with Crippen molar-refractivity contribution in [3.63, 3.8) is 0 Å². The molecule has 1 aliphatic rings. The lowest BCUT2D eigenvalue weighted by atomic mass is 10.0. The summed E-state index contributed by atoms with van der Waals surface area (Å²) in [5.74, 6) is -0.729. The molecule has 0 aliphatic heterocycles. The lowest BCUT2D eigenvalue weighted by Crippen LogP contribution is -2.30. The number of Topliss-reactive ketones (excluding diaryl/α,β-unsaturated/α-hetero) is 1. The van der Waals surface area contributed by atoms with E-state index in [0.29, 0.717) is 16.6 Å². The fraction of sp³-hybridized carbons (Fsp3) is 0.333. The van der Waals surface area contributed by atoms with Crippen LogP contribution in [0.4, 0.5) is 11.8 Å². The van der Waals surface area contributed by atoms with Gasteiger partial charge >= 0.3 is 0 Å². The van der Waals surface area contributed by atoms with Crippen LogP contribution in [0.5, 0.6) is 0 Å². The number of nitrogens with zero attached hydrogens (tertiary/aromatic N) is 4. The fourth-order valence-electron chi connectivity index (χ4n) is 4.16. The lowest BCUT2D eigenvalue weighted by molar-refractivity contribution is 0.0707. The first-order valence-electron chi connectivity index (χ1n) is 10.0. The number of amides is 1. The number of aryl methyl sites for hydroxylation is 1. The van der Waals surface area contributed by atoms with Crippen molar-refractivity contribution in [2.75, 3.05) is 5.32 Å². The summed E-state index contributed by atoms with van der Waals surface area (Å²) in [5, 5.41) is 12.5. The molecule has 0 saturated heterocycles. The zero-order valence-electron chi connectivity index (χ0n) is 17.2. The van der Waals surface area contributed by atoms with Gasteiger partial charge in [-0.15, -0.1) is 0 Å². The Hall–Kier alpha value is -3.66. The predicted molar refractivity (Wildman–Crippen MR) is 113 cm³/mol. The van der Waals surface area contributed by atoms with Crippen molar-refractivity contribution >= 4 is 34.5 Å². The van der Waals surface area contributed by atoms with E-state index in [1.165, 1.54) is 19.2 Å². The van der Waals surface area contributed by atoms with E-state index in [-0.39, 0.29) is 40.3 Å². The number of anilines is 2. The van der Waals surface area contributed by atoms with Gasteiger partial charge < -0.3 is 5.32 Å². The van der Waals surface area contributed by atoms with Crippen LogP contribution in [0.2, 0.25) is 0 Å². The molecule has 1 fully saturated rings. The molecule has 4 rings (SSSR count). The minimum atomic E-state index is -0.735. The maximum atomic E-state index is 13.3. The van der Waals surface area contributed by atoms with Crippen LogP contribution in [-0.4, -0.2) is 36.4 Å². The first-order valence-corrected chi connectivity index (χ1v) is 10.0. The van der Waals surface area contributed by atoms with Crippen LogP contribution in [0.15, 0.2) is 29.3 Å². The summed E-state index contributed by atoms with van der Waals surface area (Å²) in [6.45, 7) is 3.11. The molecular weight excluding hydrogens is 400 g/mol. The van der Waals surface area contributed by atoms with Gasteiger partial charge in [-0.05, 0) is 44.4 Å². The Labute approximate surface area is 177 Å². The Balaban J connectivity index is 1.89. The molecule has 1 saturated carbocycles. The second kappa shape index (κ2) is 8.23. The third kappa shape index (κ3) is 3.66. The number of hydrogen-bond acceptors (Lipinski definition) is 8. The number of hydrogen-bond donors (Lipinski definition) is 3. The van der Waals surface area contributed by atoms with E-state index in [4.69, 9.17) is 5.21 Å². The molecule has 3 aromatic heterocycles. The second-order valence-electron chi connectivity index (χ2n) is 7.57. The van der Waals surface area contributed by atoms with E-state index in [1.807, 2.05) is 0 Å². The normalized spacial score (nSPS) is 14.0. The van der Waals surface area contributed by atoms with Crippen molar-refractivity contribution in [1.29, 1.82) is 0 Å². The molecule has 160 valence electrons. The van der Waals surface area contributed by atoms with Crippen molar-refractivity contribution in [2.45, 2.75) is 45.6 Å². The van der Waals surface area contributed by atoms with Crippen LogP contribution in [0.3, 0.4) is 0 Å². The van der Waals surface area contributed by atoms with Crippen molar-refractivity contribution in [1.82, 2.24) is 25.0 Å². The number of aromatic nitrogens is 4. The highest BCUT2D eigenvalue weighted by atomic mass is 16.5. The molecular formula is C21H22N6O4. The smallest absolute Gasteiger partial charge is 0.278 e. The van der Waals surface area contributed by atoms with Crippen molar-refractivity contribution < 1.29 is 14.8 Å². The summed E-state index contributed by atoms with van der Waals surface area (Å²) in [6.07, 6.45) is 6.73. The summed E-state index contributed by atoms with van der Waals surface area (Å²) in [6, 6.07) is 3.00. The Morgan fingerprint density at radius 1 is 1.23 bits per heavy atom. The molecule has 0 bridgehead atoms. The molecule has 10 heteroatoms. The molecule has 10 nitrogen and oxygen atoms in total. The van der Waals surface area contributed by atoms with E-state index in [1.54, 1.807) is 29.2 Å². The number of pyridine rings is 2. The lowest BCUT2D eigenvalue weighted by Gasteiger charge is -2.19. The summed E-state index contributed by atoms with van der Waals surface area (Å²) < 4.78 is 1.61. The second-order valence-corrected chi connectivity index (χ2v) is 7.57. The number of nitrogens with one attached hydrogen (secondary N) is 2. The highest BCUT2D eigenvalue weighted by Gasteiger charge is 2.26. The fourth-order valence-corrected chi connectivity index (χ4v) is 4.16. The highest BCUT2D eigenvalue weighted by molar-refractivity contribution is 6.00. The van der Waals surface area contributed by atoms with Crippen LogP contribution in [-0.2, 0) is 0 Å². The van der Waals surface area contributed by atoms with Crippen LogP contribution in [0.25, 0.3) is 11.0 Å². The topological polar surface area (TPSA) is 139 Å². The highest BCUT2D eigenvalue weighted by Crippen LogP contribution is 2.32. The van der Waals surface area contributed by atoms with Gasteiger partial charge in [0.1, 0.15) is 11.5 Å². The number of carbonyl (C=O) groups excluding carboxylic acids is 2. The molecule has 0 radical (unpaired) electrons. The predicted octanol–water partition coefficient (Wildman–Crippen LogP) is 2.68. The average Bonchev–Trinajstić information content (AvgIpc) is 3.27. The van der Waals surface area contributed by atoms with Gasteiger partial charge in [0.25, 0.3) is 11.5 Å². The minimum Gasteiger partial charge on any atom is -0.308 e. The summed E-state index contributed by atoms with van der Waals surface area (Å²) >= 11 is 0. The van der Waals surface area contributed by atoms with Gasteiger partial charge in [0.15, 0.2) is 5.78 Å². The summed E-state index contributed by atoms with van der Waals surface area (Å²) in [4.78, 5) is 50.3. The van der Waals surface area contributed by atoms with Crippen LogP contribution >= 0.6 is 0 Å². The van der Waals surface area contributed by atoms with Gasteiger partial charge in [-0.2, -0.15) is 4.98 Å². The number of rotatable bonds is 5. The Morgan fingerprint density at radius 3 is 2.65 bits per heavy atom. The third-order valence-corrected chi connectivity index (χ3v) is 5.63. The van der Waals surface area contributed by atoms with Crippen molar-refractivity contribution in [3.05, 3.63) is 51.6 Å². The van der Waals surface area contributed by atoms with Gasteiger partial charge in [-0.1, -0.05) is 12.8 Å². The van der Waals surface area contributed by atoms with Gasteiger partial charge in [-0.3, -0.25) is 24.2 Å². The van der Waals surface area contributed by atoms with E-state index in [0.717, 1.165) is 25.7 Å². The number of carbonyl (C=O) groups is 2. The van der Waals surface area contributed by atoms with E-state index in [9.17, 15) is 14.4 Å². The minimum absolute atomic E-state index is 0.0398. The van der Waals surface area contributed by atoms with Crippen LogP contribution in [0, 0.1) is 6.92 Å². The van der Waals surface area contributed by atoms with Gasteiger partial charge in [0.05, 0.1) is 11.1 Å². The molecule has 3 aromatic rings. The maximum absolute atomic E-state index is 13.3. The molecule has 1 amide bonds. The van der Waals surface area contributed by atoms with E-state index < -0.39 is 5.91 Å². The van der Waals surface area contributed by atoms with Crippen LogP contribution < -0.4 is 16.4 Å². The Kier molecular flexibility index (Phi) is 5.47. The van der Waals surface area contributed by atoms with Crippen LogP contribution in [0.1, 0.15) is 64.9 Å². The molecule has 0 aromatic carbocycles. The van der Waals surface area contributed by atoms with Gasteiger partial charge in [-0.25, -0.2) is 15.4 Å². The molecule has 31 heavy (non-hydrogen) atoms. The van der Waals surface area contributed by atoms with Crippen molar-refractivity contribution in [3.8, 4) is 0 Å². The number of hydroxylamine groups is 1. The van der Waals surface area contributed by atoms with Gasteiger partial charge in [0.2, 0.25) is 5.95 Å². The number of fused-ring (bicyclic) bond motifs is 1. The summed E-state index contributed by atoms with van der Waals surface area (Å²) in [5.41, 5.74) is 2.48. The zero-order chi connectivity index (χ0) is 22.1. The first kappa shape index (κ1) is 20.6. The zero-order valence-corrected chi connectivity index (χ0v) is 17.2. The maximum Gasteiger partial charge on any atom is 0.278 e. The summed E-state index contributed by atoms with van der Waals surface area (Å²) in [7, 11) is 0. The van der Waals surface area contributed by atoms with E-state index >= 15 is 0 Å². The third-order valence-electron chi connectivity index (χ3n) is 5.63. The standard InChI is InChI=1S/C21H22N6O4/c1-11-15-10-23-21(24-17-14(19(29)26-31)8-5-9-22-17)25-18(15)27(13-6-3-4-7-13)20(30)16(11)12(2)28/h5,8-10,13,31H,3-4,6-7H2,1-2H3,(H,26,29)(H,22,23,24,25). The SMILES string of the molecule is CC(=O)c1c(C)c2cnc(Nc3ncccc3C(=O)NO)nc2n(C2CCCC2)c1=O. The molecule has 0 spiro atoms. The largest absolute Gasteiger partial charge is 0.308 e. The quantitative estimate of drug-likeness (QED) is 0.324. The molecule has 3 N–H and O–H groups in total. The average molecular weight is 422 g/mol. The number of ketones is 1. The molecule has 1 aliphatic carbocycles. The molecule has 0 atom stereocenters. The van der Waals surface area contributed by atoms with Crippen molar-refractivity contribution in [2.24, 2.45) is 0 Å². The molecule has 0 unspecified atom stereocenters. The Bertz CT molecular complexity index is 1250. The van der Waals surface area contributed by atoms with Gasteiger partial charge in [0, 0.05) is 23.8 Å². The first-order chi connectivity index (χ1) is 14.9. The van der Waals surface area contributed by atoms with E-state index in [2.05, 4.69) is 20.3 Å². The monoisotopic (exact) mass is 422 g/mol. The Morgan fingerprint density at radius 2 is 1.97 bits per heavy atom. The molecule has 3 heterocycles.